The molecule has 0 heterocycles. The highest BCUT2D eigenvalue weighted by Crippen LogP contribution is 1.91. The summed E-state index contributed by atoms with van der Waals surface area (Å²) in [6.45, 7) is 5.52. The lowest BCUT2D eigenvalue weighted by Gasteiger charge is -2.07. The summed E-state index contributed by atoms with van der Waals surface area (Å²) >= 11 is 0. The third-order valence-electron chi connectivity index (χ3n) is 1.21. The van der Waals surface area contributed by atoms with Crippen LogP contribution in [0.3, 0.4) is 0 Å². The van der Waals surface area contributed by atoms with E-state index in [-0.39, 0.29) is 11.9 Å². The van der Waals surface area contributed by atoms with Gasteiger partial charge >= 0.3 is 0 Å². The molecule has 0 radical (unpaired) electrons. The first-order valence-corrected chi connectivity index (χ1v) is 3.88. The van der Waals surface area contributed by atoms with Gasteiger partial charge in [-0.1, -0.05) is 5.57 Å². The summed E-state index contributed by atoms with van der Waals surface area (Å²) in [5.74, 6) is -0.127. The summed E-state index contributed by atoms with van der Waals surface area (Å²) in [5.41, 5.74) is 0.955. The Bertz CT molecular complexity index is 221. The average molecular weight is 166 g/mol. The molecule has 0 aromatic rings. The van der Waals surface area contributed by atoms with Crippen LogP contribution >= 0.6 is 0 Å². The maximum Gasteiger partial charge on any atom is 0.244 e. The van der Waals surface area contributed by atoms with E-state index in [0.29, 0.717) is 6.42 Å². The van der Waals surface area contributed by atoms with Gasteiger partial charge in [-0.05, 0) is 20.8 Å². The van der Waals surface area contributed by atoms with Crippen molar-refractivity contribution in [2.45, 2.75) is 33.2 Å². The number of allylic oxidation sites excluding steroid dienone is 1. The van der Waals surface area contributed by atoms with Gasteiger partial charge in [-0.2, -0.15) is 5.26 Å². The Hall–Kier alpha value is -1.30. The van der Waals surface area contributed by atoms with Crippen molar-refractivity contribution >= 4 is 5.91 Å². The van der Waals surface area contributed by atoms with E-state index in [1.54, 1.807) is 6.92 Å². The summed E-state index contributed by atoms with van der Waals surface area (Å²) in [4.78, 5) is 11.0. The van der Waals surface area contributed by atoms with Crippen LogP contribution in [0.1, 0.15) is 27.2 Å². The van der Waals surface area contributed by atoms with Crippen molar-refractivity contribution in [1.29, 1.82) is 5.26 Å². The predicted molar refractivity (Wildman–Crippen MR) is 47.3 cm³/mol. The number of carbonyl (C=O) groups is 1. The third kappa shape index (κ3) is 5.48. The number of hydrogen-bond donors (Lipinski definition) is 1. The van der Waals surface area contributed by atoms with Gasteiger partial charge in [0.1, 0.15) is 0 Å². The Balaban J connectivity index is 3.87. The van der Waals surface area contributed by atoms with Crippen molar-refractivity contribution in [3.63, 3.8) is 0 Å². The minimum atomic E-state index is -0.127. The SMILES string of the molecule is CC(C)=CC(=O)NC(C)CC#N. The molecule has 0 saturated carbocycles. The minimum Gasteiger partial charge on any atom is -0.349 e. The molecular weight excluding hydrogens is 152 g/mol. The van der Waals surface area contributed by atoms with Gasteiger partial charge in [0.2, 0.25) is 5.91 Å². The number of nitrogens with one attached hydrogen (secondary N) is 1. The third-order valence-corrected chi connectivity index (χ3v) is 1.21. The first-order chi connectivity index (χ1) is 5.56. The van der Waals surface area contributed by atoms with Crippen LogP contribution in [0.5, 0.6) is 0 Å². The van der Waals surface area contributed by atoms with Gasteiger partial charge in [0.15, 0.2) is 0 Å². The van der Waals surface area contributed by atoms with Gasteiger partial charge in [-0.15, -0.1) is 0 Å². The van der Waals surface area contributed by atoms with E-state index in [1.807, 2.05) is 19.9 Å². The standard InChI is InChI=1S/C9H14N2O/c1-7(2)6-9(12)11-8(3)4-5-10/h6,8H,4H2,1-3H3,(H,11,12). The Morgan fingerprint density at radius 1 is 1.67 bits per heavy atom. The van der Waals surface area contributed by atoms with E-state index in [4.69, 9.17) is 5.26 Å². The van der Waals surface area contributed by atoms with Crippen LogP contribution < -0.4 is 5.32 Å². The molecule has 1 unspecified atom stereocenters. The van der Waals surface area contributed by atoms with Crippen molar-refractivity contribution in [1.82, 2.24) is 5.32 Å². The maximum absolute atomic E-state index is 11.0. The molecular formula is C9H14N2O. The van der Waals surface area contributed by atoms with Crippen LogP contribution in [0.25, 0.3) is 0 Å². The molecule has 0 aliphatic heterocycles. The van der Waals surface area contributed by atoms with Gasteiger partial charge in [0, 0.05) is 12.1 Å². The molecule has 1 amide bonds. The summed E-state index contributed by atoms with van der Waals surface area (Å²) in [6, 6.07) is 1.92. The zero-order chi connectivity index (χ0) is 9.56. The smallest absolute Gasteiger partial charge is 0.244 e. The largest absolute Gasteiger partial charge is 0.349 e. The highest BCUT2D eigenvalue weighted by atomic mass is 16.1. The molecule has 0 aromatic heterocycles. The lowest BCUT2D eigenvalue weighted by molar-refractivity contribution is -0.117. The van der Waals surface area contributed by atoms with Crippen molar-refractivity contribution in [2.24, 2.45) is 0 Å². The van der Waals surface area contributed by atoms with Crippen LogP contribution in [-0.2, 0) is 4.79 Å². The van der Waals surface area contributed by atoms with Crippen molar-refractivity contribution in [3.8, 4) is 6.07 Å². The Morgan fingerprint density at radius 2 is 2.25 bits per heavy atom. The van der Waals surface area contributed by atoms with Crippen molar-refractivity contribution in [2.75, 3.05) is 0 Å². The van der Waals surface area contributed by atoms with E-state index >= 15 is 0 Å². The van der Waals surface area contributed by atoms with E-state index in [9.17, 15) is 4.79 Å². The summed E-state index contributed by atoms with van der Waals surface area (Å²) < 4.78 is 0. The summed E-state index contributed by atoms with van der Waals surface area (Å²) in [5, 5.41) is 11.0. The molecule has 0 fully saturated rings. The van der Waals surface area contributed by atoms with Crippen LogP contribution in [0.15, 0.2) is 11.6 Å². The van der Waals surface area contributed by atoms with E-state index in [2.05, 4.69) is 5.32 Å². The fourth-order valence-corrected chi connectivity index (χ4v) is 0.735. The lowest BCUT2D eigenvalue weighted by atomic mass is 10.2. The zero-order valence-electron chi connectivity index (χ0n) is 7.72. The molecule has 66 valence electrons. The number of rotatable bonds is 3. The second kappa shape index (κ2) is 5.36. The number of amides is 1. The van der Waals surface area contributed by atoms with Crippen LogP contribution in [0.4, 0.5) is 0 Å². The normalized spacial score (nSPS) is 11.2. The molecule has 1 atom stereocenters. The topological polar surface area (TPSA) is 52.9 Å². The molecule has 0 bridgehead atoms. The fourth-order valence-electron chi connectivity index (χ4n) is 0.735. The van der Waals surface area contributed by atoms with Gasteiger partial charge in [0.25, 0.3) is 0 Å². The molecule has 1 N–H and O–H groups in total. The molecule has 3 nitrogen and oxygen atoms in total. The Morgan fingerprint density at radius 3 is 2.67 bits per heavy atom. The van der Waals surface area contributed by atoms with Crippen LogP contribution in [-0.4, -0.2) is 11.9 Å². The second-order valence-corrected chi connectivity index (χ2v) is 2.99. The van der Waals surface area contributed by atoms with Crippen LogP contribution in [0, 0.1) is 11.3 Å². The number of hydrogen-bond acceptors (Lipinski definition) is 2. The molecule has 0 saturated heterocycles. The number of nitrogens with zero attached hydrogens (tertiary/aromatic N) is 1. The molecule has 0 aliphatic rings. The van der Waals surface area contributed by atoms with Gasteiger partial charge in [-0.25, -0.2) is 0 Å². The lowest BCUT2D eigenvalue weighted by Crippen LogP contribution is -2.30. The number of carbonyl (C=O) groups excluding carboxylic acids is 1. The summed E-state index contributed by atoms with van der Waals surface area (Å²) in [6.07, 6.45) is 1.87. The summed E-state index contributed by atoms with van der Waals surface area (Å²) in [7, 11) is 0. The average Bonchev–Trinajstić information content (AvgIpc) is 1.84. The van der Waals surface area contributed by atoms with Crippen molar-refractivity contribution < 1.29 is 4.79 Å². The Labute approximate surface area is 73.1 Å². The second-order valence-electron chi connectivity index (χ2n) is 2.99. The quantitative estimate of drug-likeness (QED) is 0.644. The highest BCUT2D eigenvalue weighted by molar-refractivity contribution is 5.88. The maximum atomic E-state index is 11.0. The predicted octanol–water partition coefficient (Wildman–Crippen LogP) is 1.37. The zero-order valence-corrected chi connectivity index (χ0v) is 7.72. The molecule has 3 heteroatoms. The minimum absolute atomic E-state index is 0.0712. The first kappa shape index (κ1) is 10.7. The fraction of sp³-hybridized carbons (Fsp3) is 0.556. The molecule has 0 spiro atoms. The molecule has 0 aliphatic carbocycles. The molecule has 0 rings (SSSR count). The van der Waals surface area contributed by atoms with E-state index < -0.39 is 0 Å². The first-order valence-electron chi connectivity index (χ1n) is 3.88. The van der Waals surface area contributed by atoms with Crippen LogP contribution in [0.2, 0.25) is 0 Å². The van der Waals surface area contributed by atoms with Gasteiger partial charge < -0.3 is 5.32 Å². The van der Waals surface area contributed by atoms with Crippen molar-refractivity contribution in [3.05, 3.63) is 11.6 Å². The van der Waals surface area contributed by atoms with Gasteiger partial charge in [-0.3, -0.25) is 4.79 Å². The number of nitriles is 1. The van der Waals surface area contributed by atoms with E-state index in [0.717, 1.165) is 5.57 Å². The highest BCUT2D eigenvalue weighted by Gasteiger charge is 2.02. The van der Waals surface area contributed by atoms with E-state index in [1.165, 1.54) is 6.08 Å². The molecule has 12 heavy (non-hydrogen) atoms. The monoisotopic (exact) mass is 166 g/mol. The van der Waals surface area contributed by atoms with Gasteiger partial charge in [0.05, 0.1) is 12.5 Å². The molecule has 0 aromatic carbocycles. The Kier molecular flexibility index (Phi) is 4.78.